The average molecular weight is 470 g/mol. The Morgan fingerprint density at radius 1 is 1.21 bits per heavy atom. The Labute approximate surface area is 167 Å². The smallest absolute Gasteiger partial charge is 0.191 e. The second-order valence-electron chi connectivity index (χ2n) is 7.61. The third kappa shape index (κ3) is 7.56. The molecule has 0 aromatic rings. The molecule has 2 aliphatic rings. The fraction of sp³-hybridized carbons (Fsp3) is 0.941. The van der Waals surface area contributed by atoms with Crippen LogP contribution < -0.4 is 10.6 Å². The number of hydrogen-bond donors (Lipinski definition) is 2. The van der Waals surface area contributed by atoms with Crippen LogP contribution in [0, 0.1) is 0 Å². The van der Waals surface area contributed by atoms with Gasteiger partial charge in [0.05, 0.1) is 6.54 Å². The molecule has 0 spiro atoms. The summed E-state index contributed by atoms with van der Waals surface area (Å²) in [4.78, 5) is 7.25. The van der Waals surface area contributed by atoms with E-state index in [0.29, 0.717) is 18.3 Å². The number of nitrogens with zero attached hydrogens (tertiary/aromatic N) is 2. The van der Waals surface area contributed by atoms with Crippen LogP contribution in [0.5, 0.6) is 0 Å². The van der Waals surface area contributed by atoms with Crippen molar-refractivity contribution in [2.75, 3.05) is 31.9 Å². The molecule has 142 valence electrons. The van der Waals surface area contributed by atoms with Gasteiger partial charge in [0.15, 0.2) is 5.96 Å². The summed E-state index contributed by atoms with van der Waals surface area (Å²) in [5.41, 5.74) is 0. The number of nitrogens with one attached hydrogen (secondary N) is 2. The van der Waals surface area contributed by atoms with Crippen molar-refractivity contribution in [3.63, 3.8) is 0 Å². The Kier molecular flexibility index (Phi) is 9.51. The van der Waals surface area contributed by atoms with Gasteiger partial charge < -0.3 is 15.5 Å². The summed E-state index contributed by atoms with van der Waals surface area (Å²) in [6.45, 7) is 12.0. The van der Waals surface area contributed by atoms with Crippen LogP contribution in [0.15, 0.2) is 4.99 Å². The van der Waals surface area contributed by atoms with E-state index in [4.69, 9.17) is 0 Å². The highest BCUT2D eigenvalue weighted by atomic mass is 127. The third-order valence-corrected chi connectivity index (χ3v) is 6.43. The van der Waals surface area contributed by atoms with Crippen molar-refractivity contribution < 1.29 is 4.21 Å². The van der Waals surface area contributed by atoms with Crippen molar-refractivity contribution in [1.29, 1.82) is 0 Å². The highest BCUT2D eigenvalue weighted by molar-refractivity contribution is 14.0. The molecule has 2 rings (SSSR count). The number of halogens is 1. The van der Waals surface area contributed by atoms with E-state index in [1.165, 1.54) is 38.8 Å². The Bertz CT molecular complexity index is 427. The van der Waals surface area contributed by atoms with Crippen LogP contribution in [0.3, 0.4) is 0 Å². The van der Waals surface area contributed by atoms with Gasteiger partial charge in [0, 0.05) is 53.0 Å². The molecule has 0 aromatic carbocycles. The highest BCUT2D eigenvalue weighted by Crippen LogP contribution is 2.29. The number of piperidine rings is 1. The highest BCUT2D eigenvalue weighted by Gasteiger charge is 2.31. The first-order valence-electron chi connectivity index (χ1n) is 9.07. The average Bonchev–Trinajstić information content (AvgIpc) is 3.32. The summed E-state index contributed by atoms with van der Waals surface area (Å²) in [5.74, 6) is 1.50. The minimum Gasteiger partial charge on any atom is -0.357 e. The Hall–Kier alpha value is 0.110. The summed E-state index contributed by atoms with van der Waals surface area (Å²) in [7, 11) is -0.837. The van der Waals surface area contributed by atoms with E-state index in [2.05, 4.69) is 27.4 Å². The van der Waals surface area contributed by atoms with E-state index < -0.39 is 10.8 Å². The van der Waals surface area contributed by atoms with Crippen LogP contribution in [0.1, 0.15) is 53.4 Å². The van der Waals surface area contributed by atoms with Gasteiger partial charge >= 0.3 is 0 Å². The number of guanidine groups is 1. The number of rotatable bonds is 6. The summed E-state index contributed by atoms with van der Waals surface area (Å²) in [6.07, 6.45) is 5.17. The minimum absolute atomic E-state index is 0. The van der Waals surface area contributed by atoms with Gasteiger partial charge in [0.1, 0.15) is 0 Å². The number of aliphatic imine (C=N–C) groups is 1. The van der Waals surface area contributed by atoms with Gasteiger partial charge in [-0.3, -0.25) is 9.20 Å². The maximum Gasteiger partial charge on any atom is 0.191 e. The molecule has 1 aliphatic heterocycles. The second-order valence-corrected chi connectivity index (χ2v) is 9.93. The van der Waals surface area contributed by atoms with Crippen molar-refractivity contribution in [2.45, 2.75) is 70.2 Å². The molecule has 2 N–H and O–H groups in total. The maximum atomic E-state index is 12.1. The standard InChI is InChI=1S/C17H34N4OS.HI/c1-5-18-16(19-10-13-23(22)17(2,3)4)20-14-8-11-21(12-9-14)15-6-7-15;/h14-15H,5-13H2,1-4H3,(H2,18,19,20);1H. The first-order chi connectivity index (χ1) is 10.9. The molecule has 1 aliphatic carbocycles. The van der Waals surface area contributed by atoms with Crippen LogP contribution in [0.25, 0.3) is 0 Å². The molecule has 1 heterocycles. The molecule has 1 saturated heterocycles. The van der Waals surface area contributed by atoms with Crippen molar-refractivity contribution >= 4 is 40.7 Å². The lowest BCUT2D eigenvalue weighted by atomic mass is 10.1. The van der Waals surface area contributed by atoms with Crippen LogP contribution >= 0.6 is 24.0 Å². The summed E-state index contributed by atoms with van der Waals surface area (Å²) in [6, 6.07) is 1.39. The maximum absolute atomic E-state index is 12.1. The van der Waals surface area contributed by atoms with Crippen molar-refractivity contribution in [3.05, 3.63) is 0 Å². The Morgan fingerprint density at radius 2 is 1.83 bits per heavy atom. The van der Waals surface area contributed by atoms with Gasteiger partial charge in [0.2, 0.25) is 0 Å². The molecule has 1 atom stereocenters. The van der Waals surface area contributed by atoms with Crippen LogP contribution in [0.4, 0.5) is 0 Å². The first kappa shape index (κ1) is 22.2. The van der Waals surface area contributed by atoms with Crippen LogP contribution in [-0.2, 0) is 10.8 Å². The summed E-state index contributed by atoms with van der Waals surface area (Å²) >= 11 is 0. The van der Waals surface area contributed by atoms with E-state index in [0.717, 1.165) is 18.5 Å². The van der Waals surface area contributed by atoms with E-state index in [9.17, 15) is 4.21 Å². The molecule has 24 heavy (non-hydrogen) atoms. The predicted octanol–water partition coefficient (Wildman–Crippen LogP) is 2.33. The lowest BCUT2D eigenvalue weighted by Gasteiger charge is -2.33. The molecular weight excluding hydrogens is 435 g/mol. The van der Waals surface area contributed by atoms with Gasteiger partial charge in [-0.2, -0.15) is 0 Å². The topological polar surface area (TPSA) is 56.7 Å². The van der Waals surface area contributed by atoms with Crippen molar-refractivity contribution in [1.82, 2.24) is 15.5 Å². The molecule has 1 unspecified atom stereocenters. The zero-order valence-corrected chi connectivity index (χ0v) is 18.8. The van der Waals surface area contributed by atoms with Crippen molar-refractivity contribution in [3.8, 4) is 0 Å². The van der Waals surface area contributed by atoms with E-state index in [1.807, 2.05) is 20.8 Å². The van der Waals surface area contributed by atoms with Crippen molar-refractivity contribution in [2.24, 2.45) is 4.99 Å². The zero-order valence-electron chi connectivity index (χ0n) is 15.6. The fourth-order valence-electron chi connectivity index (χ4n) is 2.91. The van der Waals surface area contributed by atoms with Crippen LogP contribution in [-0.4, -0.2) is 63.8 Å². The molecule has 7 heteroatoms. The molecule has 2 fully saturated rings. The molecule has 0 bridgehead atoms. The Balaban J connectivity index is 0.00000288. The third-order valence-electron chi connectivity index (χ3n) is 4.51. The molecule has 0 aromatic heterocycles. The molecule has 1 saturated carbocycles. The lowest BCUT2D eigenvalue weighted by molar-refractivity contribution is 0.197. The summed E-state index contributed by atoms with van der Waals surface area (Å²) in [5, 5.41) is 6.88. The molecule has 0 radical (unpaired) electrons. The van der Waals surface area contributed by atoms with Gasteiger partial charge in [-0.05, 0) is 53.4 Å². The number of hydrogen-bond acceptors (Lipinski definition) is 3. The largest absolute Gasteiger partial charge is 0.357 e. The van der Waals surface area contributed by atoms with Gasteiger partial charge in [0.25, 0.3) is 0 Å². The predicted molar refractivity (Wildman–Crippen MR) is 115 cm³/mol. The lowest BCUT2D eigenvalue weighted by Crippen LogP contribution is -2.49. The SMILES string of the molecule is CCNC(=NCCS(=O)C(C)(C)C)NC1CCN(C2CC2)CC1.I. The quantitative estimate of drug-likeness (QED) is 0.356. The van der Waals surface area contributed by atoms with E-state index in [-0.39, 0.29) is 28.7 Å². The van der Waals surface area contributed by atoms with Gasteiger partial charge in [-0.1, -0.05) is 0 Å². The van der Waals surface area contributed by atoms with Gasteiger partial charge in [-0.15, -0.1) is 24.0 Å². The van der Waals surface area contributed by atoms with E-state index >= 15 is 0 Å². The molecule has 0 amide bonds. The van der Waals surface area contributed by atoms with E-state index in [1.54, 1.807) is 0 Å². The van der Waals surface area contributed by atoms with Gasteiger partial charge in [-0.25, -0.2) is 0 Å². The number of likely N-dealkylation sites (tertiary alicyclic amines) is 1. The second kappa shape index (κ2) is 10.3. The minimum atomic E-state index is -0.837. The first-order valence-corrected chi connectivity index (χ1v) is 10.4. The normalized spacial score (nSPS) is 21.9. The Morgan fingerprint density at radius 3 is 2.33 bits per heavy atom. The zero-order chi connectivity index (χ0) is 16.9. The molecular formula is C17H35IN4OS. The van der Waals surface area contributed by atoms with Crippen LogP contribution in [0.2, 0.25) is 0 Å². The summed E-state index contributed by atoms with van der Waals surface area (Å²) < 4.78 is 11.9. The fourth-order valence-corrected chi connectivity index (χ4v) is 3.78. The molecule has 5 nitrogen and oxygen atoms in total. The monoisotopic (exact) mass is 470 g/mol.